The molecule has 0 aliphatic rings. The third-order valence-corrected chi connectivity index (χ3v) is 4.85. The first-order chi connectivity index (χ1) is 14.9. The highest BCUT2D eigenvalue weighted by Crippen LogP contribution is 2.33. The number of nitro benzene ring substituents is 1. The first kappa shape index (κ1) is 21.9. The van der Waals surface area contributed by atoms with Crippen molar-refractivity contribution in [2.24, 2.45) is 0 Å². The van der Waals surface area contributed by atoms with E-state index < -0.39 is 4.92 Å². The second-order valence-electron chi connectivity index (χ2n) is 5.92. The van der Waals surface area contributed by atoms with Crippen molar-refractivity contribution in [3.8, 4) is 28.7 Å². The summed E-state index contributed by atoms with van der Waals surface area (Å²) in [6.45, 7) is 0. The van der Waals surface area contributed by atoms with Crippen molar-refractivity contribution in [3.05, 3.63) is 46.5 Å². The molecule has 1 amide bonds. The van der Waals surface area contributed by atoms with E-state index in [4.69, 9.17) is 18.6 Å². The van der Waals surface area contributed by atoms with Gasteiger partial charge in [0, 0.05) is 11.6 Å². The highest BCUT2D eigenvalue weighted by atomic mass is 32.2. The topological polar surface area (TPSA) is 139 Å². The van der Waals surface area contributed by atoms with E-state index >= 15 is 0 Å². The summed E-state index contributed by atoms with van der Waals surface area (Å²) in [6.07, 6.45) is 0. The fourth-order valence-electron chi connectivity index (χ4n) is 2.56. The van der Waals surface area contributed by atoms with Gasteiger partial charge in [-0.1, -0.05) is 11.8 Å². The fraction of sp³-hybridized carbons (Fsp3) is 0.211. The van der Waals surface area contributed by atoms with Gasteiger partial charge >= 0.3 is 0 Å². The number of benzene rings is 2. The number of methoxy groups -OCH3 is 3. The molecule has 0 spiro atoms. The highest BCUT2D eigenvalue weighted by Gasteiger charge is 2.16. The Balaban J connectivity index is 1.63. The van der Waals surface area contributed by atoms with Crippen LogP contribution >= 0.6 is 11.8 Å². The number of ether oxygens (including phenoxy) is 3. The first-order valence-electron chi connectivity index (χ1n) is 8.76. The maximum absolute atomic E-state index is 12.3. The van der Waals surface area contributed by atoms with Crippen LogP contribution in [0.5, 0.6) is 17.2 Å². The standard InChI is InChI=1S/C19H18N4O7S/c1-27-14-7-4-11(8-16(14)29-3)18-21-22-19(30-18)31-10-17(24)20-13-6-5-12(23(25)26)9-15(13)28-2/h4-9H,10H2,1-3H3,(H,20,24). The smallest absolute Gasteiger partial charge is 0.277 e. The molecule has 1 N–H and O–H groups in total. The van der Waals surface area contributed by atoms with E-state index in [-0.39, 0.29) is 34.2 Å². The van der Waals surface area contributed by atoms with Gasteiger partial charge in [-0.25, -0.2) is 0 Å². The second-order valence-corrected chi connectivity index (χ2v) is 6.85. The summed E-state index contributed by atoms with van der Waals surface area (Å²) in [4.78, 5) is 22.6. The molecule has 11 nitrogen and oxygen atoms in total. The zero-order valence-electron chi connectivity index (χ0n) is 16.8. The lowest BCUT2D eigenvalue weighted by Crippen LogP contribution is -2.14. The molecule has 0 fully saturated rings. The van der Waals surface area contributed by atoms with Crippen LogP contribution in [0.4, 0.5) is 11.4 Å². The zero-order chi connectivity index (χ0) is 22.4. The number of anilines is 1. The second kappa shape index (κ2) is 9.80. The van der Waals surface area contributed by atoms with Gasteiger partial charge in [0.05, 0.1) is 43.8 Å². The number of carbonyl (C=O) groups is 1. The van der Waals surface area contributed by atoms with Crippen molar-refractivity contribution in [1.82, 2.24) is 10.2 Å². The van der Waals surface area contributed by atoms with Crippen LogP contribution in [0.3, 0.4) is 0 Å². The lowest BCUT2D eigenvalue weighted by molar-refractivity contribution is -0.384. The molecule has 0 saturated carbocycles. The van der Waals surface area contributed by atoms with E-state index in [9.17, 15) is 14.9 Å². The van der Waals surface area contributed by atoms with Crippen molar-refractivity contribution >= 4 is 29.0 Å². The Hall–Kier alpha value is -3.80. The SMILES string of the molecule is COc1cc([N+](=O)[O-])ccc1NC(=O)CSc1nnc(-c2ccc(OC)c(OC)c2)o1. The summed E-state index contributed by atoms with van der Waals surface area (Å²) in [5, 5.41) is 21.6. The van der Waals surface area contributed by atoms with Gasteiger partial charge in [-0.2, -0.15) is 0 Å². The Morgan fingerprint density at radius 3 is 2.48 bits per heavy atom. The molecular formula is C19H18N4O7S. The number of hydrogen-bond donors (Lipinski definition) is 1. The molecule has 0 aliphatic carbocycles. The number of hydrogen-bond acceptors (Lipinski definition) is 10. The van der Waals surface area contributed by atoms with Gasteiger partial charge in [0.2, 0.25) is 11.8 Å². The number of non-ortho nitro benzene ring substituents is 1. The van der Waals surface area contributed by atoms with Crippen LogP contribution in [-0.4, -0.2) is 48.1 Å². The molecule has 3 rings (SSSR count). The number of nitrogens with zero attached hydrogens (tertiary/aromatic N) is 3. The van der Waals surface area contributed by atoms with Crippen molar-refractivity contribution in [2.45, 2.75) is 5.22 Å². The molecule has 0 bridgehead atoms. The van der Waals surface area contributed by atoms with E-state index in [1.54, 1.807) is 18.2 Å². The Labute approximate surface area is 180 Å². The average Bonchev–Trinajstić information content (AvgIpc) is 3.26. The maximum Gasteiger partial charge on any atom is 0.277 e. The number of carbonyl (C=O) groups excluding carboxylic acids is 1. The molecule has 3 aromatic rings. The summed E-state index contributed by atoms with van der Waals surface area (Å²) in [6, 6.07) is 9.08. The van der Waals surface area contributed by atoms with Gasteiger partial charge in [0.25, 0.3) is 10.9 Å². The number of nitrogens with one attached hydrogen (secondary N) is 1. The zero-order valence-corrected chi connectivity index (χ0v) is 17.6. The number of thioether (sulfide) groups is 1. The largest absolute Gasteiger partial charge is 0.494 e. The minimum absolute atomic E-state index is 0.0201. The Bertz CT molecular complexity index is 1100. The summed E-state index contributed by atoms with van der Waals surface area (Å²) < 4.78 is 21.2. The molecule has 2 aromatic carbocycles. The molecule has 0 aliphatic heterocycles. The van der Waals surface area contributed by atoms with Crippen LogP contribution in [-0.2, 0) is 4.79 Å². The maximum atomic E-state index is 12.3. The Morgan fingerprint density at radius 2 is 1.81 bits per heavy atom. The van der Waals surface area contributed by atoms with E-state index in [2.05, 4.69) is 15.5 Å². The van der Waals surface area contributed by atoms with Crippen LogP contribution in [0, 0.1) is 10.1 Å². The number of rotatable bonds is 9. The summed E-state index contributed by atoms with van der Waals surface area (Å²) in [5.41, 5.74) is 0.810. The van der Waals surface area contributed by atoms with Crippen molar-refractivity contribution < 1.29 is 28.3 Å². The fourth-order valence-corrected chi connectivity index (χ4v) is 3.13. The highest BCUT2D eigenvalue weighted by molar-refractivity contribution is 7.99. The lowest BCUT2D eigenvalue weighted by atomic mass is 10.2. The number of amides is 1. The average molecular weight is 446 g/mol. The number of aromatic nitrogens is 2. The minimum Gasteiger partial charge on any atom is -0.494 e. The van der Waals surface area contributed by atoms with Crippen LogP contribution < -0.4 is 19.5 Å². The van der Waals surface area contributed by atoms with Gasteiger partial charge in [0.1, 0.15) is 5.75 Å². The Kier molecular flexibility index (Phi) is 6.92. The summed E-state index contributed by atoms with van der Waals surface area (Å²) in [7, 11) is 4.42. The predicted octanol–water partition coefficient (Wildman–Crippen LogP) is 3.40. The molecule has 1 aromatic heterocycles. The molecule has 0 radical (unpaired) electrons. The molecule has 1 heterocycles. The normalized spacial score (nSPS) is 10.4. The van der Waals surface area contributed by atoms with Gasteiger partial charge in [-0.15, -0.1) is 10.2 Å². The van der Waals surface area contributed by atoms with Gasteiger partial charge in [-0.05, 0) is 24.3 Å². The Morgan fingerprint density at radius 1 is 1.06 bits per heavy atom. The van der Waals surface area contributed by atoms with E-state index in [1.807, 2.05) is 0 Å². The molecule has 0 unspecified atom stereocenters. The summed E-state index contributed by atoms with van der Waals surface area (Å²) >= 11 is 1.05. The van der Waals surface area contributed by atoms with Gasteiger partial charge in [0.15, 0.2) is 11.5 Å². The van der Waals surface area contributed by atoms with E-state index in [1.165, 1.54) is 39.5 Å². The molecule has 0 atom stereocenters. The third kappa shape index (κ3) is 5.22. The molecule has 0 saturated heterocycles. The predicted molar refractivity (Wildman–Crippen MR) is 112 cm³/mol. The van der Waals surface area contributed by atoms with Crippen molar-refractivity contribution in [2.75, 3.05) is 32.4 Å². The molecule has 162 valence electrons. The van der Waals surface area contributed by atoms with Crippen LogP contribution in [0.2, 0.25) is 0 Å². The van der Waals surface area contributed by atoms with E-state index in [0.717, 1.165) is 11.8 Å². The molecule has 31 heavy (non-hydrogen) atoms. The number of nitro groups is 1. The minimum atomic E-state index is -0.546. The van der Waals surface area contributed by atoms with Crippen LogP contribution in [0.1, 0.15) is 0 Å². The van der Waals surface area contributed by atoms with Crippen molar-refractivity contribution in [3.63, 3.8) is 0 Å². The molecule has 12 heteroatoms. The van der Waals surface area contributed by atoms with Crippen molar-refractivity contribution in [1.29, 1.82) is 0 Å². The van der Waals surface area contributed by atoms with E-state index in [0.29, 0.717) is 22.7 Å². The molecular weight excluding hydrogens is 428 g/mol. The van der Waals surface area contributed by atoms with Crippen LogP contribution in [0.15, 0.2) is 46.0 Å². The van der Waals surface area contributed by atoms with Gasteiger partial charge in [-0.3, -0.25) is 14.9 Å². The first-order valence-corrected chi connectivity index (χ1v) is 9.74. The lowest BCUT2D eigenvalue weighted by Gasteiger charge is -2.09. The summed E-state index contributed by atoms with van der Waals surface area (Å²) in [5.74, 6) is 1.14. The monoisotopic (exact) mass is 446 g/mol. The van der Waals surface area contributed by atoms with Crippen LogP contribution in [0.25, 0.3) is 11.5 Å². The third-order valence-electron chi connectivity index (χ3n) is 4.03. The quantitative estimate of drug-likeness (QED) is 0.295. The van der Waals surface area contributed by atoms with Gasteiger partial charge < -0.3 is 23.9 Å².